The SMILES string of the molecule is CCCC(=O)C(C)NC.CS. The van der Waals surface area contributed by atoms with Crippen LogP contribution < -0.4 is 5.32 Å². The summed E-state index contributed by atoms with van der Waals surface area (Å²) in [7, 11) is 1.80. The molecule has 0 amide bonds. The van der Waals surface area contributed by atoms with Crippen molar-refractivity contribution in [1.29, 1.82) is 0 Å². The van der Waals surface area contributed by atoms with E-state index in [1.807, 2.05) is 13.8 Å². The van der Waals surface area contributed by atoms with Gasteiger partial charge < -0.3 is 5.32 Å². The Hall–Kier alpha value is -0.0200. The van der Waals surface area contributed by atoms with Gasteiger partial charge in [-0.15, -0.1) is 0 Å². The van der Waals surface area contributed by atoms with E-state index >= 15 is 0 Å². The number of thiol groups is 1. The molecular weight excluding hydrogens is 158 g/mol. The van der Waals surface area contributed by atoms with Crippen LogP contribution in [0.15, 0.2) is 0 Å². The number of likely N-dealkylation sites (N-methyl/N-ethyl adjacent to an activating group) is 1. The third-order valence-corrected chi connectivity index (χ3v) is 1.41. The fraction of sp³-hybridized carbons (Fsp3) is 0.875. The number of Topliss-reactive ketones (excluding diaryl/α,β-unsaturated/α-hetero) is 1. The molecule has 0 aromatic carbocycles. The monoisotopic (exact) mass is 177 g/mol. The molecule has 0 aliphatic heterocycles. The summed E-state index contributed by atoms with van der Waals surface area (Å²) >= 11 is 3.53. The number of carbonyl (C=O) groups excluding carboxylic acids is 1. The van der Waals surface area contributed by atoms with Crippen molar-refractivity contribution in [3.8, 4) is 0 Å². The molecule has 0 aromatic heterocycles. The van der Waals surface area contributed by atoms with Gasteiger partial charge in [0.25, 0.3) is 0 Å². The normalized spacial score (nSPS) is 11.4. The first-order valence-corrected chi connectivity index (χ1v) is 4.76. The Bertz CT molecular complexity index is 96.1. The Kier molecular flexibility index (Phi) is 12.3. The maximum Gasteiger partial charge on any atom is 0.149 e. The molecule has 3 heteroatoms. The minimum Gasteiger partial charge on any atom is -0.311 e. The van der Waals surface area contributed by atoms with E-state index in [0.717, 1.165) is 6.42 Å². The predicted octanol–water partition coefficient (Wildman–Crippen LogP) is 1.51. The first-order chi connectivity index (χ1) is 5.22. The van der Waals surface area contributed by atoms with Crippen molar-refractivity contribution in [1.82, 2.24) is 5.32 Å². The van der Waals surface area contributed by atoms with Gasteiger partial charge in [0.1, 0.15) is 5.78 Å². The van der Waals surface area contributed by atoms with Crippen LogP contribution in [0.25, 0.3) is 0 Å². The van der Waals surface area contributed by atoms with Crippen molar-refractivity contribution in [3.63, 3.8) is 0 Å². The summed E-state index contributed by atoms with van der Waals surface area (Å²) in [5.41, 5.74) is 0. The smallest absolute Gasteiger partial charge is 0.149 e. The molecule has 0 fully saturated rings. The van der Waals surface area contributed by atoms with Crippen molar-refractivity contribution >= 4 is 18.4 Å². The van der Waals surface area contributed by atoms with Gasteiger partial charge in [-0.05, 0) is 26.6 Å². The summed E-state index contributed by atoms with van der Waals surface area (Å²) in [6.07, 6.45) is 3.34. The van der Waals surface area contributed by atoms with Crippen molar-refractivity contribution in [2.75, 3.05) is 13.3 Å². The van der Waals surface area contributed by atoms with E-state index in [1.54, 1.807) is 13.3 Å². The van der Waals surface area contributed by atoms with Gasteiger partial charge in [-0.2, -0.15) is 12.6 Å². The molecule has 11 heavy (non-hydrogen) atoms. The van der Waals surface area contributed by atoms with Gasteiger partial charge >= 0.3 is 0 Å². The van der Waals surface area contributed by atoms with Crippen molar-refractivity contribution in [2.24, 2.45) is 0 Å². The summed E-state index contributed by atoms with van der Waals surface area (Å²) in [6, 6.07) is 0.0324. The van der Waals surface area contributed by atoms with Gasteiger partial charge in [-0.3, -0.25) is 4.79 Å². The van der Waals surface area contributed by atoms with Crippen LogP contribution in [0.4, 0.5) is 0 Å². The van der Waals surface area contributed by atoms with E-state index in [9.17, 15) is 4.79 Å². The second kappa shape index (κ2) is 9.98. The van der Waals surface area contributed by atoms with Crippen molar-refractivity contribution < 1.29 is 4.79 Å². The fourth-order valence-electron chi connectivity index (χ4n) is 0.624. The second-order valence-electron chi connectivity index (χ2n) is 2.23. The topological polar surface area (TPSA) is 29.1 Å². The largest absolute Gasteiger partial charge is 0.311 e. The zero-order valence-corrected chi connectivity index (χ0v) is 8.74. The Morgan fingerprint density at radius 2 is 2.00 bits per heavy atom. The Labute approximate surface area is 75.2 Å². The highest BCUT2D eigenvalue weighted by atomic mass is 32.1. The lowest BCUT2D eigenvalue weighted by Crippen LogP contribution is -2.30. The lowest BCUT2D eigenvalue weighted by molar-refractivity contribution is -0.120. The molecule has 68 valence electrons. The summed E-state index contributed by atoms with van der Waals surface area (Å²) in [6.45, 7) is 3.90. The van der Waals surface area contributed by atoms with Crippen molar-refractivity contribution in [3.05, 3.63) is 0 Å². The standard InChI is InChI=1S/C7H15NO.CH4S/c1-4-5-7(9)6(2)8-3;1-2/h6,8H,4-5H2,1-3H3;2H,1H3. The molecular formula is C8H19NOS. The van der Waals surface area contributed by atoms with Crippen molar-refractivity contribution in [2.45, 2.75) is 32.7 Å². The summed E-state index contributed by atoms with van der Waals surface area (Å²) in [5, 5.41) is 2.90. The molecule has 1 N–H and O–H groups in total. The fourth-order valence-corrected chi connectivity index (χ4v) is 0.624. The van der Waals surface area contributed by atoms with Gasteiger partial charge in [-0.25, -0.2) is 0 Å². The summed E-state index contributed by atoms with van der Waals surface area (Å²) < 4.78 is 0. The van der Waals surface area contributed by atoms with Crippen LogP contribution >= 0.6 is 12.6 Å². The Morgan fingerprint density at radius 3 is 2.27 bits per heavy atom. The number of rotatable bonds is 4. The van der Waals surface area contributed by atoms with Crippen LogP contribution in [0.1, 0.15) is 26.7 Å². The van der Waals surface area contributed by atoms with Gasteiger partial charge in [-0.1, -0.05) is 6.92 Å². The molecule has 0 aliphatic rings. The lowest BCUT2D eigenvalue weighted by atomic mass is 10.1. The molecule has 0 saturated heterocycles. The summed E-state index contributed by atoms with van der Waals surface area (Å²) in [4.78, 5) is 10.9. The molecule has 0 rings (SSSR count). The molecule has 0 radical (unpaired) electrons. The van der Waals surface area contributed by atoms with Crippen LogP contribution in [-0.2, 0) is 4.79 Å². The van der Waals surface area contributed by atoms with Crippen LogP contribution in [0.3, 0.4) is 0 Å². The summed E-state index contributed by atoms with van der Waals surface area (Å²) in [5.74, 6) is 0.306. The van der Waals surface area contributed by atoms with E-state index in [4.69, 9.17) is 0 Å². The zero-order valence-electron chi connectivity index (χ0n) is 7.85. The predicted molar refractivity (Wildman–Crippen MR) is 53.3 cm³/mol. The van der Waals surface area contributed by atoms with Crippen LogP contribution in [0, 0.1) is 0 Å². The maximum absolute atomic E-state index is 10.9. The number of ketones is 1. The molecule has 0 heterocycles. The molecule has 0 saturated carbocycles. The van der Waals surface area contributed by atoms with Gasteiger partial charge in [0.2, 0.25) is 0 Å². The third-order valence-electron chi connectivity index (χ3n) is 1.41. The Morgan fingerprint density at radius 1 is 1.55 bits per heavy atom. The van der Waals surface area contributed by atoms with E-state index < -0.39 is 0 Å². The molecule has 0 spiro atoms. The number of carbonyl (C=O) groups is 1. The number of nitrogens with one attached hydrogen (secondary N) is 1. The average molecular weight is 177 g/mol. The van der Waals surface area contributed by atoms with E-state index in [-0.39, 0.29) is 6.04 Å². The minimum atomic E-state index is 0.0324. The van der Waals surface area contributed by atoms with Crippen LogP contribution in [0.2, 0.25) is 0 Å². The van der Waals surface area contributed by atoms with Crippen LogP contribution in [0.5, 0.6) is 0 Å². The Balaban J connectivity index is 0. The van der Waals surface area contributed by atoms with Gasteiger partial charge in [0.05, 0.1) is 6.04 Å². The maximum atomic E-state index is 10.9. The quantitative estimate of drug-likeness (QED) is 0.637. The first-order valence-electron chi connectivity index (χ1n) is 3.87. The highest BCUT2D eigenvalue weighted by molar-refractivity contribution is 7.79. The third kappa shape index (κ3) is 7.88. The molecule has 0 aliphatic carbocycles. The molecule has 0 aromatic rings. The van der Waals surface area contributed by atoms with E-state index in [2.05, 4.69) is 17.9 Å². The van der Waals surface area contributed by atoms with E-state index in [1.165, 1.54) is 0 Å². The molecule has 0 bridgehead atoms. The first kappa shape index (κ1) is 13.6. The average Bonchev–Trinajstić information content (AvgIpc) is 2.07. The number of hydrogen-bond donors (Lipinski definition) is 2. The second-order valence-corrected chi connectivity index (χ2v) is 2.23. The lowest BCUT2D eigenvalue weighted by Gasteiger charge is -2.06. The molecule has 2 nitrogen and oxygen atoms in total. The highest BCUT2D eigenvalue weighted by Crippen LogP contribution is 1.93. The minimum absolute atomic E-state index is 0.0324. The molecule has 1 unspecified atom stereocenters. The highest BCUT2D eigenvalue weighted by Gasteiger charge is 2.06. The van der Waals surface area contributed by atoms with Gasteiger partial charge in [0, 0.05) is 6.42 Å². The van der Waals surface area contributed by atoms with E-state index in [0.29, 0.717) is 12.2 Å². The van der Waals surface area contributed by atoms with Gasteiger partial charge in [0.15, 0.2) is 0 Å². The zero-order chi connectivity index (χ0) is 9.28. The van der Waals surface area contributed by atoms with Crippen LogP contribution in [-0.4, -0.2) is 25.1 Å². The molecule has 1 atom stereocenters. The number of hydrogen-bond acceptors (Lipinski definition) is 3.